The number of aliphatic carboxylic acids is 1. The zero-order valence-corrected chi connectivity index (χ0v) is 10.7. The van der Waals surface area contributed by atoms with E-state index in [0.29, 0.717) is 0 Å². The second kappa shape index (κ2) is 5.02. The predicted molar refractivity (Wildman–Crippen MR) is 58.8 cm³/mol. The number of nitrogens with one attached hydrogen (secondary N) is 1. The fourth-order valence-electron chi connectivity index (χ4n) is 1.16. The molecular formula is C10H9F4NO4S. The number of sulfonamides is 1. The second-order valence-electron chi connectivity index (χ2n) is 3.99. The van der Waals surface area contributed by atoms with Crippen molar-refractivity contribution in [1.82, 2.24) is 4.72 Å². The molecule has 10 heteroatoms. The van der Waals surface area contributed by atoms with E-state index in [1.807, 2.05) is 0 Å². The van der Waals surface area contributed by atoms with Crippen LogP contribution in [-0.4, -0.2) is 31.2 Å². The number of hydrogen-bond donors (Lipinski definition) is 2. The Morgan fingerprint density at radius 2 is 1.65 bits per heavy atom. The zero-order valence-electron chi connectivity index (χ0n) is 9.90. The minimum Gasteiger partial charge on any atom is -0.480 e. The molecule has 0 aliphatic rings. The first-order valence-corrected chi connectivity index (χ1v) is 6.48. The van der Waals surface area contributed by atoms with Crippen LogP contribution < -0.4 is 4.72 Å². The van der Waals surface area contributed by atoms with Gasteiger partial charge in [-0.15, -0.1) is 0 Å². The van der Waals surface area contributed by atoms with Crippen molar-refractivity contribution in [2.24, 2.45) is 0 Å². The van der Waals surface area contributed by atoms with Gasteiger partial charge in [0.1, 0.15) is 5.82 Å². The molecule has 0 aliphatic carbocycles. The normalized spacial score (nSPS) is 15.7. The van der Waals surface area contributed by atoms with Crippen LogP contribution >= 0.6 is 0 Å². The SMILES string of the molecule is CC(NS(=O)(=O)c1ccc(F)cc1)(C(=O)O)C(F)(F)F. The molecule has 1 aromatic rings. The molecule has 5 nitrogen and oxygen atoms in total. The summed E-state index contributed by atoms with van der Waals surface area (Å²) < 4.78 is 75.2. The van der Waals surface area contributed by atoms with Crippen LogP contribution in [0.15, 0.2) is 29.2 Å². The summed E-state index contributed by atoms with van der Waals surface area (Å²) in [6.45, 7) is 0.177. The summed E-state index contributed by atoms with van der Waals surface area (Å²) in [5.41, 5.74) is -3.69. The molecule has 1 aromatic carbocycles. The van der Waals surface area contributed by atoms with Crippen molar-refractivity contribution in [2.75, 3.05) is 0 Å². The number of carboxylic acids is 1. The Hall–Kier alpha value is -1.68. The Labute approximate surface area is 111 Å². The molecule has 112 valence electrons. The van der Waals surface area contributed by atoms with E-state index in [2.05, 4.69) is 0 Å². The molecule has 1 rings (SSSR count). The van der Waals surface area contributed by atoms with Crippen molar-refractivity contribution in [2.45, 2.75) is 23.5 Å². The van der Waals surface area contributed by atoms with E-state index in [1.54, 1.807) is 0 Å². The monoisotopic (exact) mass is 315 g/mol. The van der Waals surface area contributed by atoms with Gasteiger partial charge >= 0.3 is 12.1 Å². The van der Waals surface area contributed by atoms with Crippen LogP contribution in [0.1, 0.15) is 6.92 Å². The molecular weight excluding hydrogens is 306 g/mol. The fraction of sp³-hybridized carbons (Fsp3) is 0.300. The summed E-state index contributed by atoms with van der Waals surface area (Å²) in [6.07, 6.45) is -5.36. The highest BCUT2D eigenvalue weighted by Gasteiger charge is 2.59. The van der Waals surface area contributed by atoms with Crippen molar-refractivity contribution < 1.29 is 35.9 Å². The van der Waals surface area contributed by atoms with Gasteiger partial charge in [0, 0.05) is 0 Å². The highest BCUT2D eigenvalue weighted by Crippen LogP contribution is 2.32. The van der Waals surface area contributed by atoms with Gasteiger partial charge in [0.25, 0.3) is 0 Å². The Morgan fingerprint density at radius 1 is 1.20 bits per heavy atom. The molecule has 0 fully saturated rings. The molecule has 0 spiro atoms. The van der Waals surface area contributed by atoms with Gasteiger partial charge in [-0.1, -0.05) is 0 Å². The van der Waals surface area contributed by atoms with E-state index in [0.717, 1.165) is 29.0 Å². The molecule has 1 atom stereocenters. The van der Waals surface area contributed by atoms with E-state index in [4.69, 9.17) is 5.11 Å². The zero-order chi connectivity index (χ0) is 15.8. The topological polar surface area (TPSA) is 83.5 Å². The van der Waals surface area contributed by atoms with E-state index >= 15 is 0 Å². The van der Waals surface area contributed by atoms with Crippen LogP contribution in [0, 0.1) is 5.82 Å². The molecule has 2 N–H and O–H groups in total. The molecule has 1 unspecified atom stereocenters. The van der Waals surface area contributed by atoms with Crippen molar-refractivity contribution in [3.8, 4) is 0 Å². The van der Waals surface area contributed by atoms with Crippen LogP contribution in [0.25, 0.3) is 0 Å². The molecule has 20 heavy (non-hydrogen) atoms. The average molecular weight is 315 g/mol. The molecule has 0 aromatic heterocycles. The van der Waals surface area contributed by atoms with Gasteiger partial charge in [0.05, 0.1) is 4.90 Å². The number of carboxylic acid groups (broad SMARTS) is 1. The smallest absolute Gasteiger partial charge is 0.418 e. The summed E-state index contributed by atoms with van der Waals surface area (Å²) in [5, 5.41) is 8.62. The van der Waals surface area contributed by atoms with Gasteiger partial charge in [0.2, 0.25) is 15.6 Å². The van der Waals surface area contributed by atoms with Gasteiger partial charge in [-0.25, -0.2) is 17.6 Å². The molecule has 0 saturated heterocycles. The fourth-order valence-corrected chi connectivity index (χ4v) is 2.52. The van der Waals surface area contributed by atoms with E-state index in [-0.39, 0.29) is 6.92 Å². The van der Waals surface area contributed by atoms with Gasteiger partial charge in [0.15, 0.2) is 0 Å². The number of rotatable bonds is 4. The molecule has 0 radical (unpaired) electrons. The number of carbonyl (C=O) groups is 1. The lowest BCUT2D eigenvalue weighted by molar-refractivity contribution is -0.201. The van der Waals surface area contributed by atoms with Crippen molar-refractivity contribution in [3.05, 3.63) is 30.1 Å². The minimum atomic E-state index is -5.36. The summed E-state index contributed by atoms with van der Waals surface area (Å²) in [5.74, 6) is -3.20. The Kier molecular flexibility index (Phi) is 4.11. The number of alkyl halides is 3. The molecule has 0 amide bonds. The standard InChI is InChI=1S/C10H9F4NO4S/c1-9(8(16)17,10(12,13)14)15-20(18,19)7-4-2-6(11)3-5-7/h2-5,15H,1H3,(H,16,17). The highest BCUT2D eigenvalue weighted by molar-refractivity contribution is 7.89. The highest BCUT2D eigenvalue weighted by atomic mass is 32.2. The summed E-state index contributed by atoms with van der Waals surface area (Å²) in [4.78, 5) is 10.0. The first-order valence-electron chi connectivity index (χ1n) is 5.00. The largest absolute Gasteiger partial charge is 0.480 e. The lowest BCUT2D eigenvalue weighted by Crippen LogP contribution is -2.61. The second-order valence-corrected chi connectivity index (χ2v) is 5.67. The Bertz CT molecular complexity index is 611. The van der Waals surface area contributed by atoms with Gasteiger partial charge in [-0.3, -0.25) is 0 Å². The average Bonchev–Trinajstić information content (AvgIpc) is 2.27. The maximum atomic E-state index is 12.7. The number of hydrogen-bond acceptors (Lipinski definition) is 3. The lowest BCUT2D eigenvalue weighted by Gasteiger charge is -2.28. The lowest BCUT2D eigenvalue weighted by atomic mass is 10.0. The third kappa shape index (κ3) is 3.07. The van der Waals surface area contributed by atoms with E-state index < -0.39 is 38.4 Å². The van der Waals surface area contributed by atoms with Crippen LogP contribution in [0.2, 0.25) is 0 Å². The predicted octanol–water partition coefficient (Wildman–Crippen LogP) is 1.51. The first-order chi connectivity index (χ1) is 8.90. The molecule has 0 heterocycles. The maximum absolute atomic E-state index is 12.7. The van der Waals surface area contributed by atoms with Gasteiger partial charge in [-0.2, -0.15) is 17.9 Å². The third-order valence-electron chi connectivity index (χ3n) is 2.46. The van der Waals surface area contributed by atoms with Gasteiger partial charge < -0.3 is 5.11 Å². The van der Waals surface area contributed by atoms with Gasteiger partial charge in [-0.05, 0) is 31.2 Å². The van der Waals surface area contributed by atoms with Crippen LogP contribution in [-0.2, 0) is 14.8 Å². The number of benzene rings is 1. The summed E-state index contributed by atoms with van der Waals surface area (Å²) in [6, 6.07) is 2.88. The molecule has 0 aliphatic heterocycles. The first kappa shape index (κ1) is 16.4. The Morgan fingerprint density at radius 3 is 2.00 bits per heavy atom. The van der Waals surface area contributed by atoms with Crippen molar-refractivity contribution >= 4 is 16.0 Å². The van der Waals surface area contributed by atoms with Crippen LogP contribution in [0.4, 0.5) is 17.6 Å². The van der Waals surface area contributed by atoms with Crippen LogP contribution in [0.3, 0.4) is 0 Å². The van der Waals surface area contributed by atoms with Crippen LogP contribution in [0.5, 0.6) is 0 Å². The Balaban J connectivity index is 3.24. The quantitative estimate of drug-likeness (QED) is 0.825. The van der Waals surface area contributed by atoms with E-state index in [9.17, 15) is 30.8 Å². The minimum absolute atomic E-state index is 0.177. The molecule has 0 bridgehead atoms. The maximum Gasteiger partial charge on any atom is 0.418 e. The molecule has 0 saturated carbocycles. The summed E-state index contributed by atoms with van der Waals surface area (Å²) >= 11 is 0. The van der Waals surface area contributed by atoms with E-state index in [1.165, 1.54) is 0 Å². The third-order valence-corrected chi connectivity index (χ3v) is 4.03. The van der Waals surface area contributed by atoms with Crippen molar-refractivity contribution in [1.29, 1.82) is 0 Å². The number of halogens is 4. The summed E-state index contributed by atoms with van der Waals surface area (Å²) in [7, 11) is -4.78. The van der Waals surface area contributed by atoms with Crippen molar-refractivity contribution in [3.63, 3.8) is 0 Å².